The zero-order valence-electron chi connectivity index (χ0n) is 16.0. The summed E-state index contributed by atoms with van der Waals surface area (Å²) in [6, 6.07) is 13.0. The minimum atomic E-state index is -3.57. The number of nitrogens with zero attached hydrogens (tertiary/aromatic N) is 2. The smallest absolute Gasteiger partial charge is 0.260 e. The average Bonchev–Trinajstić information content (AvgIpc) is 2.78. The third-order valence-corrected chi connectivity index (χ3v) is 6.58. The molecule has 1 amide bonds. The minimum absolute atomic E-state index is 0.213. The molecule has 1 fully saturated rings. The zero-order valence-corrected chi connectivity index (χ0v) is 16.8. The number of hydrogen-bond acceptors (Lipinski definition) is 6. The highest BCUT2D eigenvalue weighted by Crippen LogP contribution is 2.23. The van der Waals surface area contributed by atoms with E-state index < -0.39 is 10.0 Å². The highest BCUT2D eigenvalue weighted by atomic mass is 32.2. The quantitative estimate of drug-likeness (QED) is 0.632. The molecule has 0 N–H and O–H groups in total. The molecule has 154 valence electrons. The topological polar surface area (TPSA) is 93.2 Å². The van der Waals surface area contributed by atoms with Gasteiger partial charge in [0.2, 0.25) is 10.0 Å². The normalized spacial score (nSPS) is 15.0. The van der Waals surface area contributed by atoms with Gasteiger partial charge in [-0.3, -0.25) is 9.59 Å². The van der Waals surface area contributed by atoms with Crippen LogP contribution in [0.4, 0.5) is 0 Å². The van der Waals surface area contributed by atoms with E-state index >= 15 is 0 Å². The van der Waals surface area contributed by atoms with Gasteiger partial charge in [-0.15, -0.1) is 0 Å². The molecule has 2 aromatic rings. The molecule has 1 aliphatic rings. The molecule has 8 nitrogen and oxygen atoms in total. The summed E-state index contributed by atoms with van der Waals surface area (Å²) >= 11 is 0. The van der Waals surface area contributed by atoms with E-state index in [0.717, 1.165) is 0 Å². The first-order chi connectivity index (χ1) is 14.0. The van der Waals surface area contributed by atoms with E-state index in [2.05, 4.69) is 0 Å². The Balaban J connectivity index is 1.56. The van der Waals surface area contributed by atoms with Crippen molar-refractivity contribution in [2.75, 3.05) is 39.9 Å². The second-order valence-electron chi connectivity index (χ2n) is 6.41. The molecule has 9 heteroatoms. The van der Waals surface area contributed by atoms with Crippen molar-refractivity contribution >= 4 is 22.2 Å². The van der Waals surface area contributed by atoms with Crippen LogP contribution in [-0.2, 0) is 14.8 Å². The fourth-order valence-corrected chi connectivity index (χ4v) is 4.47. The number of hydrogen-bond donors (Lipinski definition) is 0. The maximum atomic E-state index is 12.7. The maximum Gasteiger partial charge on any atom is 0.260 e. The van der Waals surface area contributed by atoms with Crippen molar-refractivity contribution in [2.24, 2.45) is 0 Å². The molecule has 0 aliphatic carbocycles. The van der Waals surface area contributed by atoms with Crippen LogP contribution in [-0.4, -0.2) is 69.7 Å². The molecule has 0 atom stereocenters. The van der Waals surface area contributed by atoms with Crippen LogP contribution in [0, 0.1) is 0 Å². The Morgan fingerprint density at radius 2 is 1.76 bits per heavy atom. The summed E-state index contributed by atoms with van der Waals surface area (Å²) in [4.78, 5) is 25.4. The van der Waals surface area contributed by atoms with Gasteiger partial charge >= 0.3 is 0 Å². The molecule has 29 heavy (non-hydrogen) atoms. The Morgan fingerprint density at radius 1 is 1.07 bits per heavy atom. The molecule has 0 aromatic heterocycles. The number of carbonyl (C=O) groups excluding carboxylic acids is 2. The van der Waals surface area contributed by atoms with E-state index in [4.69, 9.17) is 9.47 Å². The molecule has 1 heterocycles. The first-order valence-corrected chi connectivity index (χ1v) is 10.5. The van der Waals surface area contributed by atoms with Gasteiger partial charge in [-0.2, -0.15) is 4.31 Å². The van der Waals surface area contributed by atoms with Crippen LogP contribution in [0.3, 0.4) is 0 Å². The summed E-state index contributed by atoms with van der Waals surface area (Å²) in [6.07, 6.45) is 0.634. The largest absolute Gasteiger partial charge is 0.497 e. The first-order valence-electron chi connectivity index (χ1n) is 9.04. The first kappa shape index (κ1) is 20.8. The predicted octanol–water partition coefficient (Wildman–Crippen LogP) is 1.42. The van der Waals surface area contributed by atoms with E-state index in [0.29, 0.717) is 17.8 Å². The lowest BCUT2D eigenvalue weighted by molar-refractivity contribution is -0.134. The fraction of sp³-hybridized carbons (Fsp3) is 0.300. The molecule has 1 saturated heterocycles. The molecule has 0 saturated carbocycles. The van der Waals surface area contributed by atoms with Gasteiger partial charge in [-0.05, 0) is 30.3 Å². The molecule has 0 spiro atoms. The number of piperazine rings is 1. The number of rotatable bonds is 7. The predicted molar refractivity (Wildman–Crippen MR) is 106 cm³/mol. The fourth-order valence-electron chi connectivity index (χ4n) is 3.03. The maximum absolute atomic E-state index is 12.7. The lowest BCUT2D eigenvalue weighted by atomic mass is 10.2. The van der Waals surface area contributed by atoms with Gasteiger partial charge in [0.1, 0.15) is 11.5 Å². The van der Waals surface area contributed by atoms with Crippen LogP contribution in [0.1, 0.15) is 10.4 Å². The van der Waals surface area contributed by atoms with Gasteiger partial charge in [-0.1, -0.05) is 18.2 Å². The number of methoxy groups -OCH3 is 1. The van der Waals surface area contributed by atoms with E-state index in [9.17, 15) is 18.0 Å². The number of carbonyl (C=O) groups is 2. The summed E-state index contributed by atoms with van der Waals surface area (Å²) in [5, 5.41) is 0. The highest BCUT2D eigenvalue weighted by molar-refractivity contribution is 7.89. The SMILES string of the molecule is COc1ccc(OCC(=O)N2CCN(S(=O)(=O)c3ccccc3)CC2)c(C=O)c1. The molecule has 0 radical (unpaired) electrons. The van der Waals surface area contributed by atoms with Crippen LogP contribution >= 0.6 is 0 Å². The Hall–Kier alpha value is -2.91. The summed E-state index contributed by atoms with van der Waals surface area (Å²) in [5.41, 5.74) is 0.288. The van der Waals surface area contributed by atoms with Crippen LogP contribution in [0.25, 0.3) is 0 Å². The van der Waals surface area contributed by atoms with E-state index in [1.54, 1.807) is 47.4 Å². The zero-order chi connectivity index (χ0) is 20.9. The second-order valence-corrected chi connectivity index (χ2v) is 8.35. The van der Waals surface area contributed by atoms with Gasteiger partial charge in [0.05, 0.1) is 17.6 Å². The lowest BCUT2D eigenvalue weighted by Crippen LogP contribution is -2.51. The average molecular weight is 418 g/mol. The second kappa shape index (κ2) is 9.06. The number of benzene rings is 2. The molecular weight excluding hydrogens is 396 g/mol. The van der Waals surface area contributed by atoms with Gasteiger partial charge in [0.15, 0.2) is 12.9 Å². The standard InChI is InChI=1S/C20H22N2O6S/c1-27-17-7-8-19(16(13-17)14-23)28-15-20(24)21-9-11-22(12-10-21)29(25,26)18-5-3-2-4-6-18/h2-8,13-14H,9-12,15H2,1H3. The van der Waals surface area contributed by atoms with Crippen molar-refractivity contribution in [2.45, 2.75) is 4.90 Å². The van der Waals surface area contributed by atoms with E-state index in [1.165, 1.54) is 17.5 Å². The van der Waals surface area contributed by atoms with Gasteiger partial charge < -0.3 is 14.4 Å². The van der Waals surface area contributed by atoms with Gasteiger partial charge in [0.25, 0.3) is 5.91 Å². The van der Waals surface area contributed by atoms with Gasteiger partial charge in [0, 0.05) is 26.2 Å². The molecular formula is C20H22N2O6S. The van der Waals surface area contributed by atoms with Crippen molar-refractivity contribution in [1.29, 1.82) is 0 Å². The van der Waals surface area contributed by atoms with Crippen molar-refractivity contribution in [1.82, 2.24) is 9.21 Å². The molecule has 3 rings (SSSR count). The molecule has 0 unspecified atom stereocenters. The summed E-state index contributed by atoms with van der Waals surface area (Å²) in [5.74, 6) is 0.537. The Bertz CT molecular complexity index is 970. The summed E-state index contributed by atoms with van der Waals surface area (Å²) < 4.78 is 37.2. The van der Waals surface area contributed by atoms with Crippen molar-refractivity contribution in [3.8, 4) is 11.5 Å². The Kier molecular flexibility index (Phi) is 6.50. The summed E-state index contributed by atoms with van der Waals surface area (Å²) in [7, 11) is -2.08. The van der Waals surface area contributed by atoms with E-state index in [1.807, 2.05) is 0 Å². The molecule has 1 aliphatic heterocycles. The van der Waals surface area contributed by atoms with Crippen molar-refractivity contribution < 1.29 is 27.5 Å². The molecule has 2 aromatic carbocycles. The van der Waals surface area contributed by atoms with Crippen LogP contribution in [0.2, 0.25) is 0 Å². The minimum Gasteiger partial charge on any atom is -0.497 e. The van der Waals surface area contributed by atoms with Crippen LogP contribution in [0.15, 0.2) is 53.4 Å². The number of sulfonamides is 1. The number of ether oxygens (including phenoxy) is 2. The monoisotopic (exact) mass is 418 g/mol. The van der Waals surface area contributed by atoms with Crippen LogP contribution < -0.4 is 9.47 Å². The third-order valence-electron chi connectivity index (χ3n) is 4.67. The van der Waals surface area contributed by atoms with Crippen LogP contribution in [0.5, 0.6) is 11.5 Å². The molecule has 0 bridgehead atoms. The summed E-state index contributed by atoms with van der Waals surface area (Å²) in [6.45, 7) is 0.740. The highest BCUT2D eigenvalue weighted by Gasteiger charge is 2.30. The lowest BCUT2D eigenvalue weighted by Gasteiger charge is -2.34. The van der Waals surface area contributed by atoms with Crippen molar-refractivity contribution in [3.63, 3.8) is 0 Å². The third kappa shape index (κ3) is 4.75. The number of amides is 1. The van der Waals surface area contributed by atoms with Gasteiger partial charge in [-0.25, -0.2) is 8.42 Å². The van der Waals surface area contributed by atoms with E-state index in [-0.39, 0.29) is 49.2 Å². The number of aldehydes is 1. The Labute approximate surface area is 169 Å². The Morgan fingerprint density at radius 3 is 2.38 bits per heavy atom. The van der Waals surface area contributed by atoms with Crippen molar-refractivity contribution in [3.05, 3.63) is 54.1 Å².